The number of thioether (sulfide) groups is 1. The summed E-state index contributed by atoms with van der Waals surface area (Å²) >= 11 is 0.989. The number of benzene rings is 1. The Morgan fingerprint density at radius 2 is 2.12 bits per heavy atom. The third-order valence-corrected chi connectivity index (χ3v) is 5.81. The highest BCUT2D eigenvalue weighted by Crippen LogP contribution is 2.40. The minimum absolute atomic E-state index is 0.103. The Bertz CT molecular complexity index is 608. The maximum Gasteiger partial charge on any atom is 0.286 e. The molecule has 130 valence electrons. The van der Waals surface area contributed by atoms with Gasteiger partial charge in [0.1, 0.15) is 11.4 Å². The van der Waals surface area contributed by atoms with E-state index in [0.29, 0.717) is 13.0 Å². The van der Waals surface area contributed by atoms with Gasteiger partial charge in [0.25, 0.3) is 5.24 Å². The maximum atomic E-state index is 12.1. The van der Waals surface area contributed by atoms with Crippen LogP contribution in [0.15, 0.2) is 30.3 Å². The Kier molecular flexibility index (Phi) is 5.27. The van der Waals surface area contributed by atoms with E-state index in [0.717, 1.165) is 36.6 Å². The molecule has 0 bridgehead atoms. The molecule has 24 heavy (non-hydrogen) atoms. The molecular weight excluding hydrogens is 326 g/mol. The predicted molar refractivity (Wildman–Crippen MR) is 92.6 cm³/mol. The number of carbonyl (C=O) groups is 2. The topological polar surface area (TPSA) is 75.6 Å². The number of imide groups is 1. The van der Waals surface area contributed by atoms with Crippen LogP contribution in [0.25, 0.3) is 0 Å². The van der Waals surface area contributed by atoms with Crippen LogP contribution in [0, 0.1) is 5.41 Å². The second kappa shape index (κ2) is 7.25. The van der Waals surface area contributed by atoms with Gasteiger partial charge in [0, 0.05) is 0 Å². The molecule has 1 aromatic carbocycles. The third kappa shape index (κ3) is 3.99. The van der Waals surface area contributed by atoms with E-state index in [4.69, 9.17) is 4.74 Å². The molecule has 4 unspecified atom stereocenters. The molecule has 2 N–H and O–H groups in total. The van der Waals surface area contributed by atoms with Crippen LogP contribution in [-0.4, -0.2) is 34.2 Å². The molecule has 1 aliphatic carbocycles. The predicted octanol–water partition coefficient (Wildman–Crippen LogP) is 3.04. The van der Waals surface area contributed by atoms with Crippen LogP contribution in [0.3, 0.4) is 0 Å². The number of carbonyl (C=O) groups excluding carboxylic acids is 2. The summed E-state index contributed by atoms with van der Waals surface area (Å²) in [6.45, 7) is 2.58. The van der Waals surface area contributed by atoms with E-state index >= 15 is 0 Å². The van der Waals surface area contributed by atoms with E-state index in [2.05, 4.69) is 12.2 Å². The Morgan fingerprint density at radius 1 is 1.38 bits per heavy atom. The molecule has 1 aliphatic heterocycles. The number of nitrogens with one attached hydrogen (secondary N) is 1. The van der Waals surface area contributed by atoms with Gasteiger partial charge >= 0.3 is 0 Å². The van der Waals surface area contributed by atoms with Crippen molar-refractivity contribution in [3.8, 4) is 0 Å². The van der Waals surface area contributed by atoms with Crippen LogP contribution in [0.5, 0.6) is 0 Å². The SMILES string of the molecule is CC1(COC(c2ccccc2)C2SC(=O)NC2=O)CCCC(O)C1. The summed E-state index contributed by atoms with van der Waals surface area (Å²) in [6, 6.07) is 9.54. The van der Waals surface area contributed by atoms with E-state index in [-0.39, 0.29) is 22.7 Å². The fraction of sp³-hybridized carbons (Fsp3) is 0.556. The summed E-state index contributed by atoms with van der Waals surface area (Å²) in [5, 5.41) is 11.4. The molecule has 2 fully saturated rings. The number of ether oxygens (including phenoxy) is 1. The summed E-state index contributed by atoms with van der Waals surface area (Å²) in [7, 11) is 0. The molecule has 5 nitrogen and oxygen atoms in total. The lowest BCUT2D eigenvalue weighted by atomic mass is 9.75. The fourth-order valence-corrected chi connectivity index (χ4v) is 4.45. The van der Waals surface area contributed by atoms with Crippen molar-refractivity contribution in [2.75, 3.05) is 6.61 Å². The van der Waals surface area contributed by atoms with Crippen molar-refractivity contribution < 1.29 is 19.4 Å². The highest BCUT2D eigenvalue weighted by atomic mass is 32.2. The second-order valence-electron chi connectivity index (χ2n) is 7.02. The molecule has 6 heteroatoms. The molecule has 2 aliphatic rings. The largest absolute Gasteiger partial charge is 0.393 e. The first-order valence-corrected chi connectivity index (χ1v) is 9.21. The van der Waals surface area contributed by atoms with Gasteiger partial charge in [-0.05, 0) is 42.0 Å². The van der Waals surface area contributed by atoms with Gasteiger partial charge in [-0.15, -0.1) is 0 Å². The number of aliphatic hydroxyl groups is 1. The lowest BCUT2D eigenvalue weighted by molar-refractivity contribution is -0.123. The van der Waals surface area contributed by atoms with Gasteiger partial charge in [-0.1, -0.05) is 43.7 Å². The first kappa shape index (κ1) is 17.5. The summed E-state index contributed by atoms with van der Waals surface area (Å²) in [6.07, 6.45) is 2.76. The molecule has 0 radical (unpaired) electrons. The standard InChI is InChI=1S/C18H23NO4S/c1-18(9-5-8-13(20)10-18)11-23-14(12-6-3-2-4-7-12)15-16(21)19-17(22)24-15/h2-4,6-7,13-15,20H,5,8-11H2,1H3,(H,19,21,22). The van der Waals surface area contributed by atoms with E-state index in [1.165, 1.54) is 0 Å². The quantitative estimate of drug-likeness (QED) is 0.854. The first-order valence-electron chi connectivity index (χ1n) is 8.33. The average molecular weight is 349 g/mol. The molecule has 1 saturated heterocycles. The smallest absolute Gasteiger partial charge is 0.286 e. The van der Waals surface area contributed by atoms with Crippen molar-refractivity contribution in [3.05, 3.63) is 35.9 Å². The van der Waals surface area contributed by atoms with Crippen LogP contribution in [-0.2, 0) is 9.53 Å². The summed E-state index contributed by atoms with van der Waals surface area (Å²) < 4.78 is 6.18. The normalized spacial score (nSPS) is 31.8. The van der Waals surface area contributed by atoms with E-state index in [9.17, 15) is 14.7 Å². The maximum absolute atomic E-state index is 12.1. The van der Waals surface area contributed by atoms with Crippen molar-refractivity contribution in [2.24, 2.45) is 5.41 Å². The van der Waals surface area contributed by atoms with Crippen LogP contribution >= 0.6 is 11.8 Å². The first-order chi connectivity index (χ1) is 11.5. The van der Waals surface area contributed by atoms with Gasteiger partial charge in [0.2, 0.25) is 5.91 Å². The molecule has 2 amide bonds. The number of aliphatic hydroxyl groups excluding tert-OH is 1. The van der Waals surface area contributed by atoms with Crippen molar-refractivity contribution in [1.29, 1.82) is 0 Å². The van der Waals surface area contributed by atoms with E-state index < -0.39 is 11.4 Å². The summed E-state index contributed by atoms with van der Waals surface area (Å²) in [5.41, 5.74) is 0.786. The van der Waals surface area contributed by atoms with Crippen LogP contribution in [0.4, 0.5) is 4.79 Å². The zero-order chi connectivity index (χ0) is 17.2. The zero-order valence-electron chi connectivity index (χ0n) is 13.7. The van der Waals surface area contributed by atoms with Crippen LogP contribution in [0.1, 0.15) is 44.3 Å². The number of hydrogen-bond donors (Lipinski definition) is 2. The molecule has 0 aromatic heterocycles. The second-order valence-corrected chi connectivity index (χ2v) is 8.13. The Morgan fingerprint density at radius 3 is 2.75 bits per heavy atom. The lowest BCUT2D eigenvalue weighted by Crippen LogP contribution is -2.36. The van der Waals surface area contributed by atoms with E-state index in [1.54, 1.807) is 0 Å². The molecular formula is C18H23NO4S. The Balaban J connectivity index is 1.75. The number of hydrogen-bond acceptors (Lipinski definition) is 5. The number of amides is 2. The minimum atomic E-state index is -0.572. The Hall–Kier alpha value is -1.37. The monoisotopic (exact) mass is 349 g/mol. The van der Waals surface area contributed by atoms with Gasteiger partial charge in [-0.25, -0.2) is 0 Å². The molecule has 1 saturated carbocycles. The molecule has 1 heterocycles. The fourth-order valence-electron chi connectivity index (χ4n) is 3.53. The van der Waals surface area contributed by atoms with Crippen molar-refractivity contribution in [2.45, 2.75) is 50.1 Å². The number of rotatable bonds is 5. The van der Waals surface area contributed by atoms with Gasteiger partial charge in [0.05, 0.1) is 12.7 Å². The molecule has 1 aromatic rings. The van der Waals surface area contributed by atoms with Crippen molar-refractivity contribution in [1.82, 2.24) is 5.32 Å². The highest BCUT2D eigenvalue weighted by molar-refractivity contribution is 8.15. The average Bonchev–Trinajstić information content (AvgIpc) is 2.87. The summed E-state index contributed by atoms with van der Waals surface area (Å²) in [4.78, 5) is 23.7. The zero-order valence-corrected chi connectivity index (χ0v) is 14.6. The van der Waals surface area contributed by atoms with Crippen LogP contribution in [0.2, 0.25) is 0 Å². The summed E-state index contributed by atoms with van der Waals surface area (Å²) in [5.74, 6) is -0.298. The van der Waals surface area contributed by atoms with Crippen molar-refractivity contribution >= 4 is 22.9 Å². The van der Waals surface area contributed by atoms with Gasteiger partial charge in [-0.2, -0.15) is 0 Å². The highest BCUT2D eigenvalue weighted by Gasteiger charge is 2.41. The van der Waals surface area contributed by atoms with Gasteiger partial charge in [-0.3, -0.25) is 14.9 Å². The minimum Gasteiger partial charge on any atom is -0.393 e. The van der Waals surface area contributed by atoms with E-state index in [1.807, 2.05) is 30.3 Å². The van der Waals surface area contributed by atoms with Gasteiger partial charge in [0.15, 0.2) is 0 Å². The molecule has 4 atom stereocenters. The molecule has 0 spiro atoms. The van der Waals surface area contributed by atoms with Gasteiger partial charge < -0.3 is 9.84 Å². The third-order valence-electron chi connectivity index (χ3n) is 4.78. The molecule has 3 rings (SSSR count). The van der Waals surface area contributed by atoms with Crippen LogP contribution < -0.4 is 5.32 Å². The Labute approximate surface area is 146 Å². The lowest BCUT2D eigenvalue weighted by Gasteiger charge is -2.37. The van der Waals surface area contributed by atoms with Crippen molar-refractivity contribution in [3.63, 3.8) is 0 Å².